The maximum Gasteiger partial charge on any atom is 0.227 e. The van der Waals surface area contributed by atoms with Gasteiger partial charge in [-0.1, -0.05) is 17.7 Å². The van der Waals surface area contributed by atoms with Crippen LogP contribution in [-0.4, -0.2) is 30.6 Å². The van der Waals surface area contributed by atoms with Gasteiger partial charge in [0.15, 0.2) is 0 Å². The molecule has 5 nitrogen and oxygen atoms in total. The highest BCUT2D eigenvalue weighted by Gasteiger charge is 2.13. The first-order valence-electron chi connectivity index (χ1n) is 6.21. The minimum Gasteiger partial charge on any atom is -0.380 e. The summed E-state index contributed by atoms with van der Waals surface area (Å²) in [5.74, 6) is -0.184. The van der Waals surface area contributed by atoms with E-state index in [-0.39, 0.29) is 18.4 Å². The fourth-order valence-corrected chi connectivity index (χ4v) is 2.15. The summed E-state index contributed by atoms with van der Waals surface area (Å²) >= 11 is 6.04. The topological polar surface area (TPSA) is 77.2 Å². The Kier molecular flexibility index (Phi) is 4.89. The van der Waals surface area contributed by atoms with Crippen molar-refractivity contribution in [3.05, 3.63) is 35.5 Å². The Labute approximate surface area is 122 Å². The monoisotopic (exact) mass is 293 g/mol. The second kappa shape index (κ2) is 6.65. The van der Waals surface area contributed by atoms with Crippen LogP contribution < -0.4 is 11.1 Å². The predicted molar refractivity (Wildman–Crippen MR) is 79.9 cm³/mol. The number of nitrogens with zero attached hydrogens (tertiary/aromatic N) is 1. The number of nitrogens with one attached hydrogen (secondary N) is 1. The number of anilines is 1. The highest BCUT2D eigenvalue weighted by Crippen LogP contribution is 2.26. The highest BCUT2D eigenvalue weighted by atomic mass is 35.5. The molecule has 0 aliphatic heterocycles. The van der Waals surface area contributed by atoms with Crippen molar-refractivity contribution in [3.63, 3.8) is 0 Å². The number of ether oxygens (including phenoxy) is 1. The molecule has 0 fully saturated rings. The molecule has 1 heterocycles. The second-order valence-electron chi connectivity index (χ2n) is 4.37. The maximum atomic E-state index is 12.0. The lowest BCUT2D eigenvalue weighted by molar-refractivity contribution is -0.118. The van der Waals surface area contributed by atoms with Crippen LogP contribution in [0.2, 0.25) is 5.02 Å². The lowest BCUT2D eigenvalue weighted by Crippen LogP contribution is -2.28. The average molecular weight is 294 g/mol. The van der Waals surface area contributed by atoms with E-state index < -0.39 is 0 Å². The lowest BCUT2D eigenvalue weighted by atomic mass is 10.1. The van der Waals surface area contributed by atoms with Gasteiger partial charge >= 0.3 is 0 Å². The molecular formula is C14H16ClN3O2. The third-order valence-electron chi connectivity index (χ3n) is 2.95. The molecule has 1 atom stereocenters. The number of rotatable bonds is 5. The van der Waals surface area contributed by atoms with Gasteiger partial charge < -0.3 is 15.8 Å². The Hall–Kier alpha value is -1.69. The molecule has 6 heteroatoms. The van der Waals surface area contributed by atoms with Gasteiger partial charge in [-0.25, -0.2) is 0 Å². The number of hydrogen-bond donors (Lipinski definition) is 2. The Morgan fingerprint density at radius 2 is 2.35 bits per heavy atom. The van der Waals surface area contributed by atoms with Crippen LogP contribution >= 0.6 is 11.6 Å². The number of carbonyl (C=O) groups excluding carboxylic acids is 1. The van der Waals surface area contributed by atoms with Crippen molar-refractivity contribution in [2.45, 2.75) is 12.5 Å². The van der Waals surface area contributed by atoms with Crippen LogP contribution in [-0.2, 0) is 9.53 Å². The normalized spacial score (nSPS) is 12.3. The fourth-order valence-electron chi connectivity index (χ4n) is 1.92. The number of halogens is 1. The first kappa shape index (κ1) is 14.7. The van der Waals surface area contributed by atoms with Gasteiger partial charge in [0.2, 0.25) is 5.91 Å². The summed E-state index contributed by atoms with van der Waals surface area (Å²) in [5, 5.41) is 4.22. The molecule has 0 radical (unpaired) electrons. The summed E-state index contributed by atoms with van der Waals surface area (Å²) < 4.78 is 5.09. The van der Waals surface area contributed by atoms with Crippen molar-refractivity contribution in [1.82, 2.24) is 4.98 Å². The summed E-state index contributed by atoms with van der Waals surface area (Å²) in [6.45, 7) is 0.290. The van der Waals surface area contributed by atoms with E-state index in [9.17, 15) is 4.79 Å². The molecule has 106 valence electrons. The van der Waals surface area contributed by atoms with Crippen LogP contribution in [0.25, 0.3) is 10.9 Å². The van der Waals surface area contributed by atoms with E-state index in [1.165, 1.54) is 7.11 Å². The molecule has 20 heavy (non-hydrogen) atoms. The Bertz CT molecular complexity index is 614. The molecule has 0 aliphatic rings. The number of pyridine rings is 1. The Balaban J connectivity index is 2.23. The third-order valence-corrected chi connectivity index (χ3v) is 3.17. The zero-order valence-electron chi connectivity index (χ0n) is 11.1. The number of nitrogens with two attached hydrogens (primary N) is 1. The van der Waals surface area contributed by atoms with Crippen LogP contribution in [0.3, 0.4) is 0 Å². The van der Waals surface area contributed by atoms with E-state index in [4.69, 9.17) is 22.1 Å². The van der Waals surface area contributed by atoms with Gasteiger partial charge in [0.25, 0.3) is 0 Å². The predicted octanol–water partition coefficient (Wildman–Crippen LogP) is 2.19. The molecule has 2 aromatic rings. The SMILES string of the molecule is COC(CN)CC(=O)Nc1cc(Cl)cc2cccnc12. The fraction of sp³-hybridized carbons (Fsp3) is 0.286. The smallest absolute Gasteiger partial charge is 0.227 e. The van der Waals surface area contributed by atoms with Crippen molar-refractivity contribution in [2.75, 3.05) is 19.0 Å². The quantitative estimate of drug-likeness (QED) is 0.886. The number of benzene rings is 1. The molecule has 0 bridgehead atoms. The zero-order chi connectivity index (χ0) is 14.5. The average Bonchev–Trinajstić information content (AvgIpc) is 2.44. The molecule has 1 aromatic heterocycles. The molecule has 1 aromatic carbocycles. The number of hydrogen-bond acceptors (Lipinski definition) is 4. The molecule has 0 saturated carbocycles. The molecule has 3 N–H and O–H groups in total. The molecule has 0 saturated heterocycles. The highest BCUT2D eigenvalue weighted by molar-refractivity contribution is 6.32. The summed E-state index contributed by atoms with van der Waals surface area (Å²) in [5.41, 5.74) is 6.79. The molecule has 0 spiro atoms. The van der Waals surface area contributed by atoms with E-state index in [0.29, 0.717) is 22.8 Å². The van der Waals surface area contributed by atoms with Crippen LogP contribution in [0.4, 0.5) is 5.69 Å². The van der Waals surface area contributed by atoms with Gasteiger partial charge in [0.05, 0.1) is 23.7 Å². The van der Waals surface area contributed by atoms with Gasteiger partial charge in [0.1, 0.15) is 0 Å². The second-order valence-corrected chi connectivity index (χ2v) is 4.81. The molecular weight excluding hydrogens is 278 g/mol. The first-order chi connectivity index (χ1) is 9.63. The van der Waals surface area contributed by atoms with E-state index in [0.717, 1.165) is 5.39 Å². The summed E-state index contributed by atoms with van der Waals surface area (Å²) in [6, 6.07) is 7.19. The van der Waals surface area contributed by atoms with Gasteiger partial charge in [-0.3, -0.25) is 9.78 Å². The van der Waals surface area contributed by atoms with Crippen molar-refractivity contribution in [3.8, 4) is 0 Å². The molecule has 0 aliphatic carbocycles. The van der Waals surface area contributed by atoms with Gasteiger partial charge in [-0.05, 0) is 18.2 Å². The van der Waals surface area contributed by atoms with Crippen LogP contribution in [0, 0.1) is 0 Å². The van der Waals surface area contributed by atoms with E-state index in [1.54, 1.807) is 18.3 Å². The summed E-state index contributed by atoms with van der Waals surface area (Å²) in [6.07, 6.45) is 1.56. The van der Waals surface area contributed by atoms with Crippen LogP contribution in [0.5, 0.6) is 0 Å². The summed E-state index contributed by atoms with van der Waals surface area (Å²) in [7, 11) is 1.53. The first-order valence-corrected chi connectivity index (χ1v) is 6.59. The minimum absolute atomic E-state index is 0.184. The summed E-state index contributed by atoms with van der Waals surface area (Å²) in [4.78, 5) is 16.2. The van der Waals surface area contributed by atoms with Gasteiger partial charge in [-0.15, -0.1) is 0 Å². The number of methoxy groups -OCH3 is 1. The molecule has 1 unspecified atom stereocenters. The van der Waals surface area contributed by atoms with Crippen LogP contribution in [0.1, 0.15) is 6.42 Å². The number of carbonyl (C=O) groups is 1. The lowest BCUT2D eigenvalue weighted by Gasteiger charge is -2.13. The molecule has 2 rings (SSSR count). The van der Waals surface area contributed by atoms with Crippen molar-refractivity contribution in [1.29, 1.82) is 0 Å². The van der Waals surface area contributed by atoms with E-state index in [2.05, 4.69) is 10.3 Å². The molecule has 1 amide bonds. The van der Waals surface area contributed by atoms with Gasteiger partial charge in [0, 0.05) is 30.3 Å². The third kappa shape index (κ3) is 3.45. The zero-order valence-corrected chi connectivity index (χ0v) is 11.9. The maximum absolute atomic E-state index is 12.0. The van der Waals surface area contributed by atoms with E-state index >= 15 is 0 Å². The number of aromatic nitrogens is 1. The van der Waals surface area contributed by atoms with E-state index in [1.807, 2.05) is 12.1 Å². The number of fused-ring (bicyclic) bond motifs is 1. The van der Waals surface area contributed by atoms with Crippen molar-refractivity contribution < 1.29 is 9.53 Å². The Morgan fingerprint density at radius 1 is 1.55 bits per heavy atom. The standard InChI is InChI=1S/C14H16ClN3O2/c1-20-11(8-16)7-13(19)18-12-6-10(15)5-9-3-2-4-17-14(9)12/h2-6,11H,7-8,16H2,1H3,(H,18,19). The van der Waals surface area contributed by atoms with Gasteiger partial charge in [-0.2, -0.15) is 0 Å². The largest absolute Gasteiger partial charge is 0.380 e. The van der Waals surface area contributed by atoms with Crippen LogP contribution in [0.15, 0.2) is 30.5 Å². The van der Waals surface area contributed by atoms with Crippen molar-refractivity contribution >= 4 is 34.1 Å². The van der Waals surface area contributed by atoms with Crippen molar-refractivity contribution in [2.24, 2.45) is 5.73 Å². The Morgan fingerprint density at radius 3 is 3.05 bits per heavy atom. The minimum atomic E-state index is -0.298. The number of amides is 1.